The van der Waals surface area contributed by atoms with E-state index in [1.807, 2.05) is 13.8 Å². The van der Waals surface area contributed by atoms with Crippen LogP contribution in [-0.2, 0) is 6.18 Å². The highest BCUT2D eigenvalue weighted by molar-refractivity contribution is 6.33. The molecule has 0 saturated carbocycles. The van der Waals surface area contributed by atoms with Crippen molar-refractivity contribution in [1.29, 1.82) is 0 Å². The number of nitrogens with two attached hydrogens (primary N) is 1. The van der Waals surface area contributed by atoms with E-state index in [9.17, 15) is 18.3 Å². The second-order valence-electron chi connectivity index (χ2n) is 4.67. The smallest absolute Gasteiger partial charge is 0.397 e. The van der Waals surface area contributed by atoms with Gasteiger partial charge in [0.05, 0.1) is 28.9 Å². The third-order valence-corrected chi connectivity index (χ3v) is 3.45. The summed E-state index contributed by atoms with van der Waals surface area (Å²) in [6.45, 7) is 3.48. The fourth-order valence-corrected chi connectivity index (χ4v) is 2.02. The third kappa shape index (κ3) is 5.21. The Balaban J connectivity index is 0.00000400. The number of hydrogen-bond acceptors (Lipinski definition) is 3. The maximum absolute atomic E-state index is 12.9. The molecular formula is C13H19Cl2F3N2O. The van der Waals surface area contributed by atoms with Crippen molar-refractivity contribution in [3.63, 3.8) is 0 Å². The quantitative estimate of drug-likeness (QED) is 0.711. The average Bonchev–Trinajstić information content (AvgIpc) is 2.37. The second kappa shape index (κ2) is 8.08. The van der Waals surface area contributed by atoms with Crippen molar-refractivity contribution in [3.05, 3.63) is 28.3 Å². The highest BCUT2D eigenvalue weighted by Crippen LogP contribution is 2.38. The van der Waals surface area contributed by atoms with Crippen molar-refractivity contribution in [1.82, 2.24) is 5.32 Å². The van der Waals surface area contributed by atoms with Gasteiger partial charge in [-0.05, 0) is 31.0 Å². The molecule has 0 saturated heterocycles. The number of nitrogens with one attached hydrogen (secondary N) is 1. The van der Waals surface area contributed by atoms with Crippen molar-refractivity contribution in [2.75, 3.05) is 12.3 Å². The molecule has 8 heteroatoms. The second-order valence-corrected chi connectivity index (χ2v) is 5.08. The first-order valence-electron chi connectivity index (χ1n) is 6.23. The largest absolute Gasteiger partial charge is 0.418 e. The number of nitrogen functional groups attached to an aromatic ring is 1. The molecule has 21 heavy (non-hydrogen) atoms. The Kier molecular flexibility index (Phi) is 7.81. The molecule has 0 aliphatic rings. The number of halogens is 5. The van der Waals surface area contributed by atoms with Crippen molar-refractivity contribution >= 4 is 29.7 Å². The van der Waals surface area contributed by atoms with Gasteiger partial charge in [-0.2, -0.15) is 13.2 Å². The fraction of sp³-hybridized carbons (Fsp3) is 0.538. The van der Waals surface area contributed by atoms with Gasteiger partial charge in [0.2, 0.25) is 0 Å². The van der Waals surface area contributed by atoms with E-state index in [0.717, 1.165) is 12.5 Å². The van der Waals surface area contributed by atoms with E-state index < -0.39 is 23.5 Å². The lowest BCUT2D eigenvalue weighted by Gasteiger charge is -2.23. The molecule has 1 rings (SSSR count). The number of aliphatic hydroxyl groups excluding tert-OH is 1. The predicted molar refractivity (Wildman–Crippen MR) is 80.8 cm³/mol. The van der Waals surface area contributed by atoms with Crippen LogP contribution in [-0.4, -0.2) is 17.8 Å². The monoisotopic (exact) mass is 346 g/mol. The molecule has 0 heterocycles. The van der Waals surface area contributed by atoms with Gasteiger partial charge in [0.1, 0.15) is 0 Å². The molecule has 0 spiro atoms. The summed E-state index contributed by atoms with van der Waals surface area (Å²) in [6.07, 6.45) is -3.80. The van der Waals surface area contributed by atoms with Crippen molar-refractivity contribution < 1.29 is 18.3 Å². The Hall–Kier alpha value is -0.690. The highest BCUT2D eigenvalue weighted by atomic mass is 35.5. The number of benzene rings is 1. The maximum atomic E-state index is 12.9. The topological polar surface area (TPSA) is 58.3 Å². The summed E-state index contributed by atoms with van der Waals surface area (Å²) in [5.74, 6) is 0. The molecule has 0 aromatic heterocycles. The van der Waals surface area contributed by atoms with Gasteiger partial charge >= 0.3 is 6.18 Å². The summed E-state index contributed by atoms with van der Waals surface area (Å²) in [7, 11) is 0. The molecule has 0 radical (unpaired) electrons. The van der Waals surface area contributed by atoms with Gasteiger partial charge in [-0.1, -0.05) is 18.5 Å². The van der Waals surface area contributed by atoms with Crippen LogP contribution in [0.1, 0.15) is 37.4 Å². The van der Waals surface area contributed by atoms with Crippen molar-refractivity contribution in [2.24, 2.45) is 0 Å². The first-order chi connectivity index (χ1) is 9.20. The van der Waals surface area contributed by atoms with Gasteiger partial charge in [-0.25, -0.2) is 0 Å². The number of alkyl halides is 3. The van der Waals surface area contributed by atoms with Gasteiger partial charge in [0.15, 0.2) is 0 Å². The zero-order valence-corrected chi connectivity index (χ0v) is 13.2. The number of hydrogen-bond donors (Lipinski definition) is 3. The zero-order chi connectivity index (χ0) is 15.5. The Labute approximate surface area is 133 Å². The molecule has 0 amide bonds. The van der Waals surface area contributed by atoms with Crippen LogP contribution in [0.3, 0.4) is 0 Å². The average molecular weight is 347 g/mol. The Morgan fingerprint density at radius 1 is 1.38 bits per heavy atom. The lowest BCUT2D eigenvalue weighted by Crippen LogP contribution is -2.32. The third-order valence-electron chi connectivity index (χ3n) is 3.14. The van der Waals surface area contributed by atoms with Gasteiger partial charge in [-0.3, -0.25) is 0 Å². The molecule has 2 unspecified atom stereocenters. The van der Waals surface area contributed by atoms with Crippen LogP contribution in [0, 0.1) is 0 Å². The Bertz CT molecular complexity index is 469. The predicted octanol–water partition coefficient (Wildman–Crippen LogP) is 3.78. The van der Waals surface area contributed by atoms with Gasteiger partial charge in [0.25, 0.3) is 0 Å². The molecule has 0 bridgehead atoms. The number of aliphatic hydroxyl groups is 1. The standard InChI is InChI=1S/C13H18ClF3N2O.ClH/c1-3-7(2)19-11(6-20)8-4-9(13(15,16)17)12(18)10(14)5-8;/h4-5,7,11,19-20H,3,6,18H2,1-2H3;1H. The van der Waals surface area contributed by atoms with Gasteiger partial charge < -0.3 is 16.2 Å². The van der Waals surface area contributed by atoms with Crippen LogP contribution in [0.2, 0.25) is 5.02 Å². The first-order valence-corrected chi connectivity index (χ1v) is 6.61. The molecule has 0 fully saturated rings. The minimum Gasteiger partial charge on any atom is -0.397 e. The van der Waals surface area contributed by atoms with Crippen LogP contribution in [0.4, 0.5) is 18.9 Å². The SMILES string of the molecule is CCC(C)NC(CO)c1cc(Cl)c(N)c(C(F)(F)F)c1.Cl. The van der Waals surface area contributed by atoms with Crippen LogP contribution >= 0.6 is 24.0 Å². The molecule has 2 atom stereocenters. The molecule has 3 nitrogen and oxygen atoms in total. The summed E-state index contributed by atoms with van der Waals surface area (Å²) >= 11 is 5.76. The lowest BCUT2D eigenvalue weighted by molar-refractivity contribution is -0.137. The first kappa shape index (κ1) is 20.3. The lowest BCUT2D eigenvalue weighted by atomic mass is 10.0. The molecule has 1 aromatic rings. The summed E-state index contributed by atoms with van der Waals surface area (Å²) < 4.78 is 38.6. The maximum Gasteiger partial charge on any atom is 0.418 e. The summed E-state index contributed by atoms with van der Waals surface area (Å²) in [5, 5.41) is 12.2. The van der Waals surface area contributed by atoms with E-state index in [1.54, 1.807) is 0 Å². The van der Waals surface area contributed by atoms with Crippen LogP contribution < -0.4 is 11.1 Å². The summed E-state index contributed by atoms with van der Waals surface area (Å²) in [6, 6.07) is 1.71. The zero-order valence-electron chi connectivity index (χ0n) is 11.7. The van der Waals surface area contributed by atoms with E-state index in [-0.39, 0.29) is 35.6 Å². The van der Waals surface area contributed by atoms with E-state index in [1.165, 1.54) is 6.07 Å². The van der Waals surface area contributed by atoms with Crippen LogP contribution in [0.5, 0.6) is 0 Å². The van der Waals surface area contributed by atoms with E-state index in [2.05, 4.69) is 5.32 Å². The normalized spacial score (nSPS) is 14.4. The number of rotatable bonds is 5. The van der Waals surface area contributed by atoms with Gasteiger partial charge in [-0.15, -0.1) is 12.4 Å². The van der Waals surface area contributed by atoms with Crippen molar-refractivity contribution in [3.8, 4) is 0 Å². The molecule has 4 N–H and O–H groups in total. The molecule has 0 aliphatic carbocycles. The van der Waals surface area contributed by atoms with E-state index in [0.29, 0.717) is 0 Å². The van der Waals surface area contributed by atoms with Crippen LogP contribution in [0.15, 0.2) is 12.1 Å². The molecular weight excluding hydrogens is 328 g/mol. The number of anilines is 1. The summed E-state index contributed by atoms with van der Waals surface area (Å²) in [4.78, 5) is 0. The minimum atomic E-state index is -4.58. The minimum absolute atomic E-state index is 0. The van der Waals surface area contributed by atoms with Crippen molar-refractivity contribution in [2.45, 2.75) is 38.5 Å². The van der Waals surface area contributed by atoms with E-state index >= 15 is 0 Å². The molecule has 1 aromatic carbocycles. The highest BCUT2D eigenvalue weighted by Gasteiger charge is 2.34. The van der Waals surface area contributed by atoms with Crippen LogP contribution in [0.25, 0.3) is 0 Å². The molecule has 0 aliphatic heterocycles. The fourth-order valence-electron chi connectivity index (χ4n) is 1.79. The van der Waals surface area contributed by atoms with E-state index in [4.69, 9.17) is 17.3 Å². The Morgan fingerprint density at radius 3 is 2.38 bits per heavy atom. The summed E-state index contributed by atoms with van der Waals surface area (Å²) in [5.41, 5.74) is 4.16. The Morgan fingerprint density at radius 2 is 1.95 bits per heavy atom. The van der Waals surface area contributed by atoms with Gasteiger partial charge in [0, 0.05) is 6.04 Å². The molecule has 122 valence electrons.